The summed E-state index contributed by atoms with van der Waals surface area (Å²) in [5, 5.41) is 8.81. The van der Waals surface area contributed by atoms with E-state index in [0.717, 1.165) is 0 Å². The van der Waals surface area contributed by atoms with Crippen LogP contribution in [0.4, 0.5) is 0 Å². The zero-order valence-electron chi connectivity index (χ0n) is 7.53. The standard InChI is InChI=1S/C11H11NO/c1-8-10-5-3-2-4-9(10)7-13-11(8)6-12/h2-5,8,11H,7H2,1H3. The zero-order valence-corrected chi connectivity index (χ0v) is 7.53. The predicted octanol–water partition coefficient (Wildman–Crippen LogP) is 2.21. The van der Waals surface area contributed by atoms with E-state index in [1.807, 2.05) is 19.1 Å². The van der Waals surface area contributed by atoms with E-state index in [0.29, 0.717) is 6.61 Å². The molecule has 1 heterocycles. The summed E-state index contributed by atoms with van der Waals surface area (Å²) in [7, 11) is 0. The fourth-order valence-corrected chi connectivity index (χ4v) is 1.75. The SMILES string of the molecule is CC1c2ccccc2COC1C#N. The van der Waals surface area contributed by atoms with Crippen LogP contribution in [0.1, 0.15) is 24.0 Å². The highest BCUT2D eigenvalue weighted by Crippen LogP contribution is 2.30. The Morgan fingerprint density at radius 2 is 2.23 bits per heavy atom. The van der Waals surface area contributed by atoms with Crippen molar-refractivity contribution in [3.8, 4) is 6.07 Å². The number of nitrogens with zero attached hydrogens (tertiary/aromatic N) is 1. The Hall–Kier alpha value is -1.33. The minimum absolute atomic E-state index is 0.190. The Bertz CT molecular complexity index is 353. The lowest BCUT2D eigenvalue weighted by atomic mass is 9.90. The summed E-state index contributed by atoms with van der Waals surface area (Å²) in [6.07, 6.45) is -0.283. The first-order valence-corrected chi connectivity index (χ1v) is 4.42. The van der Waals surface area contributed by atoms with Gasteiger partial charge in [0, 0.05) is 5.92 Å². The molecule has 0 amide bonds. The van der Waals surface area contributed by atoms with Crippen molar-refractivity contribution in [2.45, 2.75) is 25.6 Å². The van der Waals surface area contributed by atoms with Crippen LogP contribution in [0.15, 0.2) is 24.3 Å². The molecular formula is C11H11NO. The Morgan fingerprint density at radius 1 is 1.46 bits per heavy atom. The minimum atomic E-state index is -0.283. The van der Waals surface area contributed by atoms with Crippen molar-refractivity contribution >= 4 is 0 Å². The highest BCUT2D eigenvalue weighted by molar-refractivity contribution is 5.33. The number of ether oxygens (including phenoxy) is 1. The Morgan fingerprint density at radius 3 is 3.00 bits per heavy atom. The molecule has 66 valence electrons. The summed E-state index contributed by atoms with van der Waals surface area (Å²) in [5.74, 6) is 0.190. The van der Waals surface area contributed by atoms with Gasteiger partial charge in [0.1, 0.15) is 0 Å². The Labute approximate surface area is 77.8 Å². The molecule has 2 rings (SSSR count). The van der Waals surface area contributed by atoms with Gasteiger partial charge in [0.15, 0.2) is 6.10 Å². The largest absolute Gasteiger partial charge is 0.358 e. The lowest BCUT2D eigenvalue weighted by molar-refractivity contribution is 0.0477. The number of benzene rings is 1. The van der Waals surface area contributed by atoms with E-state index in [1.165, 1.54) is 11.1 Å². The molecule has 1 aliphatic heterocycles. The van der Waals surface area contributed by atoms with Gasteiger partial charge in [0.2, 0.25) is 0 Å². The number of nitriles is 1. The van der Waals surface area contributed by atoms with E-state index in [2.05, 4.69) is 18.2 Å². The smallest absolute Gasteiger partial charge is 0.150 e. The molecule has 2 atom stereocenters. The Kier molecular flexibility index (Phi) is 2.03. The molecule has 2 nitrogen and oxygen atoms in total. The quantitative estimate of drug-likeness (QED) is 0.602. The van der Waals surface area contributed by atoms with Crippen molar-refractivity contribution in [2.24, 2.45) is 0 Å². The second-order valence-corrected chi connectivity index (χ2v) is 3.35. The third-order valence-electron chi connectivity index (χ3n) is 2.55. The lowest BCUT2D eigenvalue weighted by Crippen LogP contribution is -2.24. The molecule has 0 radical (unpaired) electrons. The van der Waals surface area contributed by atoms with E-state index >= 15 is 0 Å². The van der Waals surface area contributed by atoms with Crippen LogP contribution in [0.3, 0.4) is 0 Å². The van der Waals surface area contributed by atoms with Crippen molar-refractivity contribution in [3.05, 3.63) is 35.4 Å². The first-order valence-electron chi connectivity index (χ1n) is 4.42. The van der Waals surface area contributed by atoms with Crippen molar-refractivity contribution in [3.63, 3.8) is 0 Å². The van der Waals surface area contributed by atoms with Gasteiger partial charge in [0.05, 0.1) is 12.7 Å². The van der Waals surface area contributed by atoms with Gasteiger partial charge in [-0.15, -0.1) is 0 Å². The van der Waals surface area contributed by atoms with Crippen molar-refractivity contribution in [1.82, 2.24) is 0 Å². The fraction of sp³-hybridized carbons (Fsp3) is 0.364. The molecule has 0 bridgehead atoms. The molecule has 0 fully saturated rings. The van der Waals surface area contributed by atoms with Gasteiger partial charge in [0.25, 0.3) is 0 Å². The molecule has 0 N–H and O–H groups in total. The van der Waals surface area contributed by atoms with E-state index < -0.39 is 0 Å². The Balaban J connectivity index is 2.40. The third-order valence-corrected chi connectivity index (χ3v) is 2.55. The summed E-state index contributed by atoms with van der Waals surface area (Å²) < 4.78 is 5.40. The molecule has 0 spiro atoms. The first kappa shape index (κ1) is 8.28. The molecular weight excluding hydrogens is 162 g/mol. The molecule has 1 aliphatic rings. The van der Waals surface area contributed by atoms with E-state index in [1.54, 1.807) is 0 Å². The van der Waals surface area contributed by atoms with Crippen molar-refractivity contribution in [1.29, 1.82) is 5.26 Å². The normalized spacial score (nSPS) is 26.2. The van der Waals surface area contributed by atoms with Crippen LogP contribution in [0.25, 0.3) is 0 Å². The first-order chi connectivity index (χ1) is 6.33. The lowest BCUT2D eigenvalue weighted by Gasteiger charge is -2.26. The highest BCUT2D eigenvalue weighted by Gasteiger charge is 2.25. The molecule has 2 unspecified atom stereocenters. The molecule has 0 aromatic heterocycles. The zero-order chi connectivity index (χ0) is 9.26. The summed E-state index contributed by atoms with van der Waals surface area (Å²) in [6, 6.07) is 10.3. The summed E-state index contributed by atoms with van der Waals surface area (Å²) >= 11 is 0. The molecule has 0 saturated carbocycles. The van der Waals surface area contributed by atoms with Gasteiger partial charge in [-0.2, -0.15) is 5.26 Å². The van der Waals surface area contributed by atoms with Gasteiger partial charge >= 0.3 is 0 Å². The minimum Gasteiger partial charge on any atom is -0.358 e. The van der Waals surface area contributed by atoms with Gasteiger partial charge in [-0.05, 0) is 11.1 Å². The number of fused-ring (bicyclic) bond motifs is 1. The van der Waals surface area contributed by atoms with Crippen molar-refractivity contribution < 1.29 is 4.74 Å². The molecule has 1 aromatic carbocycles. The van der Waals surface area contributed by atoms with Crippen LogP contribution in [0.2, 0.25) is 0 Å². The van der Waals surface area contributed by atoms with Gasteiger partial charge in [-0.3, -0.25) is 0 Å². The van der Waals surface area contributed by atoms with Crippen LogP contribution in [0, 0.1) is 11.3 Å². The molecule has 13 heavy (non-hydrogen) atoms. The van der Waals surface area contributed by atoms with E-state index in [-0.39, 0.29) is 12.0 Å². The topological polar surface area (TPSA) is 33.0 Å². The van der Waals surface area contributed by atoms with Crippen molar-refractivity contribution in [2.75, 3.05) is 0 Å². The van der Waals surface area contributed by atoms with Crippen LogP contribution in [-0.2, 0) is 11.3 Å². The van der Waals surface area contributed by atoms with Crippen LogP contribution in [-0.4, -0.2) is 6.10 Å². The summed E-state index contributed by atoms with van der Waals surface area (Å²) in [6.45, 7) is 2.60. The monoisotopic (exact) mass is 173 g/mol. The third kappa shape index (κ3) is 1.32. The van der Waals surface area contributed by atoms with Gasteiger partial charge in [-0.25, -0.2) is 0 Å². The van der Waals surface area contributed by atoms with Crippen LogP contribution in [0.5, 0.6) is 0 Å². The molecule has 0 saturated heterocycles. The maximum atomic E-state index is 8.81. The maximum Gasteiger partial charge on any atom is 0.150 e. The van der Waals surface area contributed by atoms with E-state index in [4.69, 9.17) is 10.00 Å². The van der Waals surface area contributed by atoms with Gasteiger partial charge < -0.3 is 4.74 Å². The fourth-order valence-electron chi connectivity index (χ4n) is 1.75. The predicted molar refractivity (Wildman–Crippen MR) is 49.0 cm³/mol. The second-order valence-electron chi connectivity index (χ2n) is 3.35. The van der Waals surface area contributed by atoms with Gasteiger partial charge in [-0.1, -0.05) is 31.2 Å². The highest BCUT2D eigenvalue weighted by atomic mass is 16.5. The number of hydrogen-bond acceptors (Lipinski definition) is 2. The van der Waals surface area contributed by atoms with E-state index in [9.17, 15) is 0 Å². The summed E-state index contributed by atoms with van der Waals surface area (Å²) in [4.78, 5) is 0. The maximum absolute atomic E-state index is 8.81. The average Bonchev–Trinajstić information content (AvgIpc) is 2.19. The second kappa shape index (κ2) is 3.20. The molecule has 0 aliphatic carbocycles. The summed E-state index contributed by atoms with van der Waals surface area (Å²) in [5.41, 5.74) is 2.46. The number of hydrogen-bond donors (Lipinski definition) is 0. The molecule has 1 aromatic rings. The average molecular weight is 173 g/mol. The van der Waals surface area contributed by atoms with Crippen LogP contribution < -0.4 is 0 Å². The number of rotatable bonds is 0. The van der Waals surface area contributed by atoms with Crippen LogP contribution >= 0.6 is 0 Å². The molecule has 2 heteroatoms.